The maximum absolute atomic E-state index is 6.90. The molecule has 0 aliphatic carbocycles. The molecule has 2 aromatic heterocycles. The van der Waals surface area contributed by atoms with Crippen molar-refractivity contribution in [3.05, 3.63) is 164 Å². The van der Waals surface area contributed by atoms with Gasteiger partial charge in [-0.1, -0.05) is 127 Å². The van der Waals surface area contributed by atoms with Crippen molar-refractivity contribution < 1.29 is 4.42 Å². The van der Waals surface area contributed by atoms with Crippen molar-refractivity contribution in [1.82, 2.24) is 0 Å². The molecule has 0 aliphatic heterocycles. The summed E-state index contributed by atoms with van der Waals surface area (Å²) in [6, 6.07) is 58.8. The Bertz CT molecular complexity index is 2780. The summed E-state index contributed by atoms with van der Waals surface area (Å²) >= 11 is 1.86. The van der Waals surface area contributed by atoms with Crippen molar-refractivity contribution in [2.24, 2.45) is 0 Å². The van der Waals surface area contributed by atoms with Crippen LogP contribution >= 0.6 is 11.3 Å². The number of para-hydroxylation sites is 1. The fraction of sp³-hybridized carbons (Fsp3) is 0. The molecule has 0 saturated carbocycles. The molecule has 0 spiro atoms. The number of fused-ring (bicyclic) bond motifs is 10. The highest BCUT2D eigenvalue weighted by Gasteiger charge is 2.23. The molecule has 0 amide bonds. The molecular weight excluding hydrogens is 591 g/mol. The lowest BCUT2D eigenvalue weighted by Gasteiger charge is -2.26. The van der Waals surface area contributed by atoms with Crippen LogP contribution in [-0.2, 0) is 0 Å². The van der Waals surface area contributed by atoms with Gasteiger partial charge in [0.2, 0.25) is 0 Å². The molecule has 0 aliphatic rings. The maximum Gasteiger partial charge on any atom is 0.159 e. The lowest BCUT2D eigenvalue weighted by Crippen LogP contribution is -2.10. The summed E-state index contributed by atoms with van der Waals surface area (Å²) < 4.78 is 9.45. The Morgan fingerprint density at radius 1 is 0.404 bits per heavy atom. The van der Waals surface area contributed by atoms with E-state index in [2.05, 4.69) is 169 Å². The van der Waals surface area contributed by atoms with Crippen LogP contribution in [0, 0.1) is 0 Å². The van der Waals surface area contributed by atoms with Gasteiger partial charge in [-0.25, -0.2) is 0 Å². The van der Waals surface area contributed by atoms with E-state index in [1.807, 2.05) is 11.3 Å². The van der Waals surface area contributed by atoms with Gasteiger partial charge in [0.15, 0.2) is 5.58 Å². The van der Waals surface area contributed by atoms with Gasteiger partial charge in [-0.3, -0.25) is 0 Å². The third kappa shape index (κ3) is 4.04. The summed E-state index contributed by atoms with van der Waals surface area (Å²) in [5, 5.41) is 9.69. The molecule has 2 heterocycles. The lowest BCUT2D eigenvalue weighted by molar-refractivity contribution is 0.673. The first-order chi connectivity index (χ1) is 23.3. The molecule has 0 radical (unpaired) electrons. The van der Waals surface area contributed by atoms with Crippen LogP contribution in [0.5, 0.6) is 0 Å². The van der Waals surface area contributed by atoms with Crippen molar-refractivity contribution in [3.63, 3.8) is 0 Å². The van der Waals surface area contributed by atoms with Gasteiger partial charge < -0.3 is 9.32 Å². The fourth-order valence-electron chi connectivity index (χ4n) is 7.26. The van der Waals surface area contributed by atoms with Crippen molar-refractivity contribution in [3.8, 4) is 11.1 Å². The first-order valence-corrected chi connectivity index (χ1v) is 16.7. The summed E-state index contributed by atoms with van der Waals surface area (Å²) in [7, 11) is 0. The predicted molar refractivity (Wildman–Crippen MR) is 202 cm³/mol. The van der Waals surface area contributed by atoms with Crippen LogP contribution < -0.4 is 4.90 Å². The zero-order valence-electron chi connectivity index (χ0n) is 25.4. The van der Waals surface area contributed by atoms with Gasteiger partial charge in [0.05, 0.1) is 16.1 Å². The molecular formula is C44H27NOS. The van der Waals surface area contributed by atoms with Crippen LogP contribution in [0.4, 0.5) is 17.1 Å². The van der Waals surface area contributed by atoms with E-state index in [-0.39, 0.29) is 0 Å². The highest BCUT2D eigenvalue weighted by atomic mass is 32.1. The molecule has 10 aromatic rings. The zero-order chi connectivity index (χ0) is 30.9. The Kier molecular flexibility index (Phi) is 5.78. The maximum atomic E-state index is 6.90. The Morgan fingerprint density at radius 2 is 1.02 bits per heavy atom. The van der Waals surface area contributed by atoms with Gasteiger partial charge in [-0.15, -0.1) is 11.3 Å². The van der Waals surface area contributed by atoms with Crippen molar-refractivity contribution >= 4 is 92.1 Å². The molecule has 0 bridgehead atoms. The Balaban J connectivity index is 1.27. The minimum Gasteiger partial charge on any atom is -0.453 e. The third-order valence-corrected chi connectivity index (χ3v) is 10.6. The van der Waals surface area contributed by atoms with E-state index in [4.69, 9.17) is 4.42 Å². The van der Waals surface area contributed by atoms with Gasteiger partial charge in [-0.2, -0.15) is 0 Å². The smallest absolute Gasteiger partial charge is 0.159 e. The summed E-state index contributed by atoms with van der Waals surface area (Å²) in [4.78, 5) is 2.39. The molecule has 2 nitrogen and oxygen atoms in total. The second-order valence-corrected chi connectivity index (χ2v) is 13.1. The molecule has 220 valence electrons. The second kappa shape index (κ2) is 10.3. The van der Waals surface area contributed by atoms with Crippen LogP contribution in [0.2, 0.25) is 0 Å². The normalized spacial score (nSPS) is 11.8. The molecule has 10 rings (SSSR count). The average Bonchev–Trinajstić information content (AvgIpc) is 3.73. The van der Waals surface area contributed by atoms with Gasteiger partial charge in [0.25, 0.3) is 0 Å². The van der Waals surface area contributed by atoms with Crippen LogP contribution in [0.15, 0.2) is 168 Å². The molecule has 0 N–H and O–H groups in total. The van der Waals surface area contributed by atoms with Crippen LogP contribution in [0.3, 0.4) is 0 Å². The predicted octanol–water partition coefficient (Wildman–Crippen LogP) is 13.4. The molecule has 3 heteroatoms. The number of hydrogen-bond donors (Lipinski definition) is 0. The first-order valence-electron chi connectivity index (χ1n) is 15.9. The number of anilines is 3. The van der Waals surface area contributed by atoms with E-state index in [1.54, 1.807) is 0 Å². The number of benzene rings is 8. The number of thiophene rings is 1. The number of furan rings is 1. The van der Waals surface area contributed by atoms with Gasteiger partial charge in [0, 0.05) is 37.3 Å². The van der Waals surface area contributed by atoms with E-state index in [1.165, 1.54) is 47.5 Å². The Labute approximate surface area is 275 Å². The van der Waals surface area contributed by atoms with Crippen LogP contribution in [-0.4, -0.2) is 0 Å². The summed E-state index contributed by atoms with van der Waals surface area (Å²) in [6.45, 7) is 0. The third-order valence-electron chi connectivity index (χ3n) is 9.45. The SMILES string of the molecule is c1ccc(-c2ccc(N(c3cccc4c3oc3c5ccccc5ccc43)c3cccc4c3sc3ccc5ccccc5c34)cc2)cc1. The van der Waals surface area contributed by atoms with E-state index in [9.17, 15) is 0 Å². The lowest BCUT2D eigenvalue weighted by atomic mass is 10.0. The van der Waals surface area contributed by atoms with Crippen molar-refractivity contribution in [2.75, 3.05) is 4.90 Å². The summed E-state index contributed by atoms with van der Waals surface area (Å²) in [6.07, 6.45) is 0. The van der Waals surface area contributed by atoms with E-state index < -0.39 is 0 Å². The van der Waals surface area contributed by atoms with E-state index in [0.717, 1.165) is 44.4 Å². The number of hydrogen-bond acceptors (Lipinski definition) is 3. The zero-order valence-corrected chi connectivity index (χ0v) is 26.2. The molecule has 0 atom stereocenters. The van der Waals surface area contributed by atoms with Crippen molar-refractivity contribution in [2.45, 2.75) is 0 Å². The number of rotatable bonds is 4. The summed E-state index contributed by atoms with van der Waals surface area (Å²) in [5.74, 6) is 0. The highest BCUT2D eigenvalue weighted by molar-refractivity contribution is 7.26. The van der Waals surface area contributed by atoms with Gasteiger partial charge >= 0.3 is 0 Å². The van der Waals surface area contributed by atoms with E-state index >= 15 is 0 Å². The average molecular weight is 618 g/mol. The first kappa shape index (κ1) is 26.3. The monoisotopic (exact) mass is 617 g/mol. The Hall–Kier alpha value is -5.90. The van der Waals surface area contributed by atoms with Crippen LogP contribution in [0.25, 0.3) is 74.8 Å². The fourth-order valence-corrected chi connectivity index (χ4v) is 8.48. The molecule has 0 saturated heterocycles. The molecule has 8 aromatic carbocycles. The number of nitrogens with zero attached hydrogens (tertiary/aromatic N) is 1. The molecule has 47 heavy (non-hydrogen) atoms. The van der Waals surface area contributed by atoms with Crippen molar-refractivity contribution in [1.29, 1.82) is 0 Å². The van der Waals surface area contributed by atoms with E-state index in [0.29, 0.717) is 0 Å². The largest absolute Gasteiger partial charge is 0.453 e. The second-order valence-electron chi connectivity index (χ2n) is 12.1. The van der Waals surface area contributed by atoms with Gasteiger partial charge in [-0.05, 0) is 63.7 Å². The minimum absolute atomic E-state index is 0.884. The highest BCUT2D eigenvalue weighted by Crippen LogP contribution is 2.49. The van der Waals surface area contributed by atoms with Crippen LogP contribution in [0.1, 0.15) is 0 Å². The summed E-state index contributed by atoms with van der Waals surface area (Å²) in [5.41, 5.74) is 7.44. The quantitative estimate of drug-likeness (QED) is 0.195. The topological polar surface area (TPSA) is 16.4 Å². The standard InChI is InChI=1S/C44H27NOS/c1-2-10-28(11-3-1)29-20-24-32(25-21-29)45(38-18-8-16-35-36-26-22-31-13-5-7-15-34(31)42(36)46-43(35)38)39-19-9-17-37-41-33-14-6-4-12-30(33)23-27-40(41)47-44(37)39/h1-27H. The molecule has 0 fully saturated rings. The molecule has 0 unspecified atom stereocenters. The minimum atomic E-state index is 0.884. The Morgan fingerprint density at radius 3 is 1.85 bits per heavy atom. The van der Waals surface area contributed by atoms with Gasteiger partial charge in [0.1, 0.15) is 5.58 Å².